The van der Waals surface area contributed by atoms with E-state index in [1.54, 1.807) is 36.4 Å². The molecule has 7 heteroatoms. The number of hydrogen-bond donors (Lipinski definition) is 2. The van der Waals surface area contributed by atoms with Gasteiger partial charge in [0.2, 0.25) is 0 Å². The van der Waals surface area contributed by atoms with Crippen LogP contribution in [0.3, 0.4) is 0 Å². The van der Waals surface area contributed by atoms with Crippen LogP contribution in [0.1, 0.15) is 53.5 Å². The highest BCUT2D eigenvalue weighted by molar-refractivity contribution is 9.10. The Labute approximate surface area is 180 Å². The second-order valence-corrected chi connectivity index (χ2v) is 8.40. The molecule has 0 aliphatic carbocycles. The van der Waals surface area contributed by atoms with Gasteiger partial charge in [-0.05, 0) is 104 Å². The minimum absolute atomic E-state index is 0.0929. The van der Waals surface area contributed by atoms with Crippen molar-refractivity contribution in [2.24, 2.45) is 5.92 Å². The lowest BCUT2D eigenvalue weighted by atomic mass is 9.99. The van der Waals surface area contributed by atoms with Crippen molar-refractivity contribution in [3.63, 3.8) is 0 Å². The first-order valence-corrected chi connectivity index (χ1v) is 11.0. The van der Waals surface area contributed by atoms with E-state index in [2.05, 4.69) is 38.4 Å². The van der Waals surface area contributed by atoms with E-state index in [9.17, 15) is 9.59 Å². The molecule has 0 bridgehead atoms. The van der Waals surface area contributed by atoms with Crippen molar-refractivity contribution in [1.29, 1.82) is 0 Å². The third-order valence-electron chi connectivity index (χ3n) is 5.26. The van der Waals surface area contributed by atoms with Crippen molar-refractivity contribution in [3.8, 4) is 0 Å². The molecule has 0 unspecified atom stereocenters. The quantitative estimate of drug-likeness (QED) is 0.565. The summed E-state index contributed by atoms with van der Waals surface area (Å²) >= 11 is 3.17. The Kier molecular flexibility index (Phi) is 7.89. The van der Waals surface area contributed by atoms with Crippen LogP contribution < -0.4 is 10.6 Å². The number of hydrogen-bond acceptors (Lipinski definition) is 4. The average Bonchev–Trinajstić information content (AvgIpc) is 3.16. The number of furan rings is 1. The van der Waals surface area contributed by atoms with Gasteiger partial charge in [-0.15, -0.1) is 0 Å². The smallest absolute Gasteiger partial charge is 0.291 e. The molecule has 0 spiro atoms. The van der Waals surface area contributed by atoms with Gasteiger partial charge in [0, 0.05) is 17.8 Å². The van der Waals surface area contributed by atoms with Crippen LogP contribution in [0.4, 0.5) is 5.69 Å². The lowest BCUT2D eigenvalue weighted by Crippen LogP contribution is -2.34. The Morgan fingerprint density at radius 2 is 1.79 bits per heavy atom. The Bertz CT molecular complexity index is 811. The zero-order valence-corrected chi connectivity index (χ0v) is 18.3. The minimum Gasteiger partial charge on any atom is -0.444 e. The Balaban J connectivity index is 1.36. The lowest BCUT2D eigenvalue weighted by molar-refractivity contribution is 0.0951. The summed E-state index contributed by atoms with van der Waals surface area (Å²) in [5, 5.41) is 5.71. The van der Waals surface area contributed by atoms with Crippen LogP contribution in [0.5, 0.6) is 0 Å². The Morgan fingerprint density at radius 3 is 2.45 bits per heavy atom. The minimum atomic E-state index is -0.337. The number of halogens is 1. The van der Waals surface area contributed by atoms with Gasteiger partial charge < -0.3 is 20.0 Å². The van der Waals surface area contributed by atoms with Crippen LogP contribution in [0, 0.1) is 5.92 Å². The SMILES string of the molecule is CC1CCN(CCCCNC(=O)c2ccc(NC(=O)c3ccc(Br)o3)cc2)CC1. The molecule has 3 rings (SSSR count). The molecule has 2 aromatic rings. The first-order chi connectivity index (χ1) is 14.0. The zero-order chi connectivity index (χ0) is 20.6. The highest BCUT2D eigenvalue weighted by Crippen LogP contribution is 2.17. The fourth-order valence-electron chi connectivity index (χ4n) is 3.38. The summed E-state index contributed by atoms with van der Waals surface area (Å²) in [7, 11) is 0. The number of carbonyl (C=O) groups is 2. The summed E-state index contributed by atoms with van der Waals surface area (Å²) in [5.74, 6) is 0.649. The summed E-state index contributed by atoms with van der Waals surface area (Å²) in [6.07, 6.45) is 4.67. The number of nitrogens with one attached hydrogen (secondary N) is 2. The molecule has 1 aromatic heterocycles. The largest absolute Gasteiger partial charge is 0.444 e. The molecule has 1 aliphatic rings. The standard InChI is InChI=1S/C22H28BrN3O3/c1-16-10-14-26(15-11-16)13-3-2-12-24-21(27)17-4-6-18(7-5-17)25-22(28)19-8-9-20(23)29-19/h4-9,16H,2-3,10-15H2,1H3,(H,24,27)(H,25,28). The first-order valence-electron chi connectivity index (χ1n) is 10.2. The Hall–Kier alpha value is -2.12. The number of amides is 2. The normalized spacial score (nSPS) is 15.2. The fraction of sp³-hybridized carbons (Fsp3) is 0.455. The van der Waals surface area contributed by atoms with Crippen LogP contribution in [0.25, 0.3) is 0 Å². The summed E-state index contributed by atoms with van der Waals surface area (Å²) in [6.45, 7) is 6.52. The van der Waals surface area contributed by atoms with E-state index >= 15 is 0 Å². The second kappa shape index (κ2) is 10.6. The molecule has 1 aliphatic heterocycles. The fourth-order valence-corrected chi connectivity index (χ4v) is 3.69. The molecule has 2 amide bonds. The summed E-state index contributed by atoms with van der Waals surface area (Å²) in [6, 6.07) is 10.1. The van der Waals surface area contributed by atoms with Gasteiger partial charge in [-0.2, -0.15) is 0 Å². The van der Waals surface area contributed by atoms with Crippen LogP contribution in [0.2, 0.25) is 0 Å². The predicted octanol–water partition coefficient (Wildman–Crippen LogP) is 4.54. The van der Waals surface area contributed by atoms with Crippen LogP contribution in [0.15, 0.2) is 45.5 Å². The van der Waals surface area contributed by atoms with Crippen molar-refractivity contribution >= 4 is 33.4 Å². The second-order valence-electron chi connectivity index (χ2n) is 7.62. The summed E-state index contributed by atoms with van der Waals surface area (Å²) < 4.78 is 5.72. The van der Waals surface area contributed by atoms with Gasteiger partial charge in [0.25, 0.3) is 11.8 Å². The van der Waals surface area contributed by atoms with E-state index < -0.39 is 0 Å². The summed E-state index contributed by atoms with van der Waals surface area (Å²) in [4.78, 5) is 26.9. The van der Waals surface area contributed by atoms with E-state index in [1.165, 1.54) is 25.9 Å². The van der Waals surface area contributed by atoms with Crippen molar-refractivity contribution < 1.29 is 14.0 Å². The molecule has 0 radical (unpaired) electrons. The summed E-state index contributed by atoms with van der Waals surface area (Å²) in [5.41, 5.74) is 1.18. The van der Waals surface area contributed by atoms with Gasteiger partial charge in [-0.1, -0.05) is 6.92 Å². The van der Waals surface area contributed by atoms with Crippen LogP contribution in [-0.4, -0.2) is 42.9 Å². The molecule has 0 atom stereocenters. The van der Waals surface area contributed by atoms with Gasteiger partial charge in [-0.25, -0.2) is 0 Å². The van der Waals surface area contributed by atoms with E-state index in [4.69, 9.17) is 4.42 Å². The van der Waals surface area contributed by atoms with Crippen LogP contribution in [-0.2, 0) is 0 Å². The maximum atomic E-state index is 12.3. The Morgan fingerprint density at radius 1 is 1.07 bits per heavy atom. The van der Waals surface area contributed by atoms with E-state index in [0.29, 0.717) is 22.5 Å². The molecule has 2 heterocycles. The van der Waals surface area contributed by atoms with E-state index in [1.807, 2.05) is 0 Å². The number of anilines is 1. The highest BCUT2D eigenvalue weighted by Gasteiger charge is 2.15. The molecular weight excluding hydrogens is 434 g/mol. The predicted molar refractivity (Wildman–Crippen MR) is 117 cm³/mol. The molecule has 29 heavy (non-hydrogen) atoms. The number of unbranched alkanes of at least 4 members (excludes halogenated alkanes) is 1. The average molecular weight is 462 g/mol. The highest BCUT2D eigenvalue weighted by atomic mass is 79.9. The van der Waals surface area contributed by atoms with Crippen molar-refractivity contribution in [2.45, 2.75) is 32.6 Å². The number of nitrogens with zero attached hydrogens (tertiary/aromatic N) is 1. The van der Waals surface area contributed by atoms with Gasteiger partial charge in [-0.3, -0.25) is 9.59 Å². The molecule has 0 saturated carbocycles. The van der Waals surface area contributed by atoms with E-state index in [0.717, 1.165) is 25.3 Å². The van der Waals surface area contributed by atoms with Gasteiger partial charge in [0.15, 0.2) is 10.4 Å². The number of likely N-dealkylation sites (tertiary alicyclic amines) is 1. The maximum absolute atomic E-state index is 12.3. The third-order valence-corrected chi connectivity index (χ3v) is 5.69. The van der Waals surface area contributed by atoms with Crippen LogP contribution >= 0.6 is 15.9 Å². The molecule has 1 aromatic carbocycles. The number of benzene rings is 1. The topological polar surface area (TPSA) is 74.6 Å². The van der Waals surface area contributed by atoms with Gasteiger partial charge in [0.05, 0.1) is 0 Å². The van der Waals surface area contributed by atoms with Gasteiger partial charge >= 0.3 is 0 Å². The molecule has 6 nitrogen and oxygen atoms in total. The number of rotatable bonds is 8. The third kappa shape index (κ3) is 6.72. The molecule has 1 fully saturated rings. The van der Waals surface area contributed by atoms with Gasteiger partial charge in [0.1, 0.15) is 0 Å². The van der Waals surface area contributed by atoms with Crippen molar-refractivity contribution in [2.75, 3.05) is 31.5 Å². The molecular formula is C22H28BrN3O3. The van der Waals surface area contributed by atoms with Crippen molar-refractivity contribution in [3.05, 3.63) is 52.4 Å². The maximum Gasteiger partial charge on any atom is 0.291 e. The monoisotopic (exact) mass is 461 g/mol. The molecule has 156 valence electrons. The zero-order valence-electron chi connectivity index (χ0n) is 16.7. The lowest BCUT2D eigenvalue weighted by Gasteiger charge is -2.30. The van der Waals surface area contributed by atoms with E-state index in [-0.39, 0.29) is 17.6 Å². The first kappa shape index (κ1) is 21.6. The number of carbonyl (C=O) groups excluding carboxylic acids is 2. The number of piperidine rings is 1. The molecule has 1 saturated heterocycles. The molecule has 2 N–H and O–H groups in total. The van der Waals surface area contributed by atoms with Crippen molar-refractivity contribution in [1.82, 2.24) is 10.2 Å².